The Morgan fingerprint density at radius 2 is 2.10 bits per heavy atom. The van der Waals surface area contributed by atoms with Gasteiger partial charge in [0, 0.05) is 31.0 Å². The molecule has 0 atom stereocenters. The van der Waals surface area contributed by atoms with Crippen molar-refractivity contribution in [3.63, 3.8) is 0 Å². The lowest BCUT2D eigenvalue weighted by molar-refractivity contribution is 0.408. The van der Waals surface area contributed by atoms with Crippen LogP contribution in [0.3, 0.4) is 0 Å². The third kappa shape index (κ3) is 4.06. The molecule has 0 radical (unpaired) electrons. The van der Waals surface area contributed by atoms with Gasteiger partial charge in [0.15, 0.2) is 0 Å². The summed E-state index contributed by atoms with van der Waals surface area (Å²) in [4.78, 5) is 8.55. The summed E-state index contributed by atoms with van der Waals surface area (Å²) in [6.07, 6.45) is 1.71. The van der Waals surface area contributed by atoms with Crippen molar-refractivity contribution in [2.75, 3.05) is 31.3 Å². The Bertz CT molecular complexity index is 588. The first-order valence-corrected chi connectivity index (χ1v) is 6.92. The Labute approximate surface area is 125 Å². The van der Waals surface area contributed by atoms with E-state index in [1.165, 1.54) is 0 Å². The van der Waals surface area contributed by atoms with E-state index in [0.29, 0.717) is 5.95 Å². The number of nitrogens with one attached hydrogen (secondary N) is 3. The van der Waals surface area contributed by atoms with Crippen LogP contribution < -0.4 is 20.7 Å². The van der Waals surface area contributed by atoms with Crippen LogP contribution in [-0.2, 0) is 6.54 Å². The Balaban J connectivity index is 2.19. The number of hydrogen-bond donors (Lipinski definition) is 3. The topological polar surface area (TPSA) is 71.1 Å². The summed E-state index contributed by atoms with van der Waals surface area (Å²) >= 11 is 0. The number of hydrogen-bond acceptors (Lipinski definition) is 6. The summed E-state index contributed by atoms with van der Waals surface area (Å²) in [5.41, 5.74) is 2.02. The highest BCUT2D eigenvalue weighted by atomic mass is 16.5. The predicted molar refractivity (Wildman–Crippen MR) is 85.2 cm³/mol. The minimum Gasteiger partial charge on any atom is -0.496 e. The molecule has 0 aliphatic rings. The maximum absolute atomic E-state index is 5.38. The van der Waals surface area contributed by atoms with Gasteiger partial charge < -0.3 is 20.7 Å². The van der Waals surface area contributed by atoms with Crippen molar-refractivity contribution < 1.29 is 4.74 Å². The van der Waals surface area contributed by atoms with Crippen molar-refractivity contribution in [2.45, 2.75) is 13.5 Å². The van der Waals surface area contributed by atoms with Gasteiger partial charge in [-0.25, -0.2) is 4.98 Å². The average molecular weight is 287 g/mol. The molecule has 112 valence electrons. The molecule has 3 N–H and O–H groups in total. The third-order valence-corrected chi connectivity index (χ3v) is 3.01. The van der Waals surface area contributed by atoms with E-state index >= 15 is 0 Å². The lowest BCUT2D eigenvalue weighted by Gasteiger charge is -2.12. The smallest absolute Gasteiger partial charge is 0.229 e. The Morgan fingerprint density at radius 1 is 1.24 bits per heavy atom. The molecule has 21 heavy (non-hydrogen) atoms. The highest BCUT2D eigenvalue weighted by molar-refractivity contribution is 5.58. The van der Waals surface area contributed by atoms with E-state index in [4.69, 9.17) is 4.74 Å². The first-order chi connectivity index (χ1) is 10.3. The van der Waals surface area contributed by atoms with E-state index < -0.39 is 0 Å². The summed E-state index contributed by atoms with van der Waals surface area (Å²) in [6.45, 7) is 3.74. The lowest BCUT2D eigenvalue weighted by atomic mass is 10.1. The van der Waals surface area contributed by atoms with Gasteiger partial charge in [0.05, 0.1) is 7.11 Å². The van der Waals surface area contributed by atoms with Gasteiger partial charge in [-0.1, -0.05) is 6.92 Å². The standard InChI is InChI=1S/C15H21N5O/c1-4-17-10-11-9-12(5-6-13(11)21-3)19-15-18-8-7-14(16-2)20-15/h5-9,17H,4,10H2,1-3H3,(H2,16,18,19,20). The maximum atomic E-state index is 5.38. The van der Waals surface area contributed by atoms with Crippen molar-refractivity contribution in [1.82, 2.24) is 15.3 Å². The van der Waals surface area contributed by atoms with E-state index in [9.17, 15) is 0 Å². The Morgan fingerprint density at radius 3 is 2.81 bits per heavy atom. The van der Waals surface area contributed by atoms with E-state index in [1.807, 2.05) is 31.3 Å². The van der Waals surface area contributed by atoms with Crippen LogP contribution in [0.1, 0.15) is 12.5 Å². The number of methoxy groups -OCH3 is 1. The largest absolute Gasteiger partial charge is 0.496 e. The third-order valence-electron chi connectivity index (χ3n) is 3.01. The van der Waals surface area contributed by atoms with Gasteiger partial charge in [-0.15, -0.1) is 0 Å². The Kier molecular flexibility index (Phi) is 5.34. The molecule has 0 saturated carbocycles. The van der Waals surface area contributed by atoms with E-state index in [-0.39, 0.29) is 0 Å². The quantitative estimate of drug-likeness (QED) is 0.726. The molecule has 0 saturated heterocycles. The lowest BCUT2D eigenvalue weighted by Crippen LogP contribution is -2.12. The fourth-order valence-electron chi connectivity index (χ4n) is 1.94. The maximum Gasteiger partial charge on any atom is 0.229 e. The second-order valence-electron chi connectivity index (χ2n) is 4.45. The first kappa shape index (κ1) is 15.1. The zero-order valence-electron chi connectivity index (χ0n) is 12.6. The fourth-order valence-corrected chi connectivity index (χ4v) is 1.94. The van der Waals surface area contributed by atoms with Crippen LogP contribution in [0, 0.1) is 0 Å². The second-order valence-corrected chi connectivity index (χ2v) is 4.45. The summed E-state index contributed by atoms with van der Waals surface area (Å²) < 4.78 is 5.38. The van der Waals surface area contributed by atoms with Crippen molar-refractivity contribution in [2.24, 2.45) is 0 Å². The predicted octanol–water partition coefficient (Wildman–Crippen LogP) is 2.38. The molecular formula is C15H21N5O. The highest BCUT2D eigenvalue weighted by Crippen LogP contribution is 2.24. The van der Waals surface area contributed by atoms with Crippen molar-refractivity contribution in [1.29, 1.82) is 0 Å². The summed E-state index contributed by atoms with van der Waals surface area (Å²) in [5.74, 6) is 2.20. The molecule has 0 spiro atoms. The Hall–Kier alpha value is -2.34. The molecule has 1 aromatic carbocycles. The number of benzene rings is 1. The summed E-state index contributed by atoms with van der Waals surface area (Å²) in [5, 5.41) is 9.49. The molecule has 0 bridgehead atoms. The molecule has 6 nitrogen and oxygen atoms in total. The van der Waals surface area contributed by atoms with Gasteiger partial charge in [-0.2, -0.15) is 4.98 Å². The minimum atomic E-state index is 0.557. The SMILES string of the molecule is CCNCc1cc(Nc2nccc(NC)n2)ccc1OC. The fraction of sp³-hybridized carbons (Fsp3) is 0.333. The second kappa shape index (κ2) is 7.44. The molecule has 0 fully saturated rings. The van der Waals surface area contributed by atoms with Gasteiger partial charge >= 0.3 is 0 Å². The number of rotatable bonds is 7. The van der Waals surface area contributed by atoms with Gasteiger partial charge in [-0.05, 0) is 30.8 Å². The van der Waals surface area contributed by atoms with Crippen LogP contribution in [0.5, 0.6) is 5.75 Å². The molecule has 1 heterocycles. The number of ether oxygens (including phenoxy) is 1. The van der Waals surface area contributed by atoms with Gasteiger partial charge in [-0.3, -0.25) is 0 Å². The van der Waals surface area contributed by atoms with E-state index in [2.05, 4.69) is 32.8 Å². The van der Waals surface area contributed by atoms with E-state index in [0.717, 1.165) is 35.9 Å². The number of nitrogens with zero attached hydrogens (tertiary/aromatic N) is 2. The molecule has 2 rings (SSSR count). The molecule has 0 unspecified atom stereocenters. The molecule has 2 aromatic rings. The van der Waals surface area contributed by atoms with E-state index in [1.54, 1.807) is 13.3 Å². The average Bonchev–Trinajstić information content (AvgIpc) is 2.53. The molecule has 0 amide bonds. The summed E-state index contributed by atoms with van der Waals surface area (Å²) in [7, 11) is 3.51. The van der Waals surface area contributed by atoms with Crippen LogP contribution in [0.15, 0.2) is 30.5 Å². The zero-order chi connectivity index (χ0) is 15.1. The van der Waals surface area contributed by atoms with Crippen LogP contribution in [-0.4, -0.2) is 30.7 Å². The molecule has 0 aliphatic heterocycles. The zero-order valence-corrected chi connectivity index (χ0v) is 12.6. The van der Waals surface area contributed by atoms with Crippen LogP contribution in [0.25, 0.3) is 0 Å². The van der Waals surface area contributed by atoms with Crippen LogP contribution >= 0.6 is 0 Å². The number of anilines is 3. The van der Waals surface area contributed by atoms with Crippen molar-refractivity contribution in [3.8, 4) is 5.75 Å². The van der Waals surface area contributed by atoms with Crippen LogP contribution in [0.2, 0.25) is 0 Å². The number of aromatic nitrogens is 2. The van der Waals surface area contributed by atoms with Crippen molar-refractivity contribution >= 4 is 17.5 Å². The van der Waals surface area contributed by atoms with Gasteiger partial charge in [0.1, 0.15) is 11.6 Å². The van der Waals surface area contributed by atoms with Crippen LogP contribution in [0.4, 0.5) is 17.5 Å². The van der Waals surface area contributed by atoms with Gasteiger partial charge in [0.2, 0.25) is 5.95 Å². The minimum absolute atomic E-state index is 0.557. The molecular weight excluding hydrogens is 266 g/mol. The molecule has 0 aliphatic carbocycles. The van der Waals surface area contributed by atoms with Gasteiger partial charge in [0.25, 0.3) is 0 Å². The monoisotopic (exact) mass is 287 g/mol. The van der Waals surface area contributed by atoms with Crippen molar-refractivity contribution in [3.05, 3.63) is 36.0 Å². The summed E-state index contributed by atoms with van der Waals surface area (Å²) in [6, 6.07) is 7.74. The molecule has 1 aromatic heterocycles. The first-order valence-electron chi connectivity index (χ1n) is 6.92. The highest BCUT2D eigenvalue weighted by Gasteiger charge is 2.05. The normalized spacial score (nSPS) is 10.2. The molecule has 6 heteroatoms.